The van der Waals surface area contributed by atoms with Gasteiger partial charge in [0, 0.05) is 31.0 Å². The maximum absolute atomic E-state index is 5.81. The molecule has 0 saturated carbocycles. The fourth-order valence-corrected chi connectivity index (χ4v) is 2.06. The molecule has 0 unspecified atom stereocenters. The van der Waals surface area contributed by atoms with Gasteiger partial charge in [-0.25, -0.2) is 4.98 Å². The Morgan fingerprint density at radius 2 is 2.35 bits per heavy atom. The monoisotopic (exact) mass is 229 g/mol. The molecule has 0 saturated heterocycles. The molecule has 0 spiro atoms. The number of nitrogens with one attached hydrogen (secondary N) is 1. The average Bonchev–Trinajstić information content (AvgIpc) is 2.78. The molecule has 1 aliphatic heterocycles. The molecule has 88 valence electrons. The molecule has 0 amide bonds. The third kappa shape index (κ3) is 2.31. The topological polar surface area (TPSA) is 39.1 Å². The Labute approximate surface area is 100 Å². The van der Waals surface area contributed by atoms with Crippen molar-refractivity contribution in [3.63, 3.8) is 0 Å². The maximum atomic E-state index is 5.81. The molecule has 2 aromatic rings. The van der Waals surface area contributed by atoms with E-state index in [4.69, 9.17) is 4.74 Å². The van der Waals surface area contributed by atoms with Crippen molar-refractivity contribution >= 4 is 0 Å². The molecule has 1 aromatic carbocycles. The van der Waals surface area contributed by atoms with Gasteiger partial charge < -0.3 is 14.6 Å². The van der Waals surface area contributed by atoms with Crippen LogP contribution >= 0.6 is 0 Å². The number of hydrogen-bond acceptors (Lipinski definition) is 3. The Kier molecular flexibility index (Phi) is 2.80. The lowest BCUT2D eigenvalue weighted by atomic mass is 10.2. The summed E-state index contributed by atoms with van der Waals surface area (Å²) in [5.74, 6) is 0.994. The summed E-state index contributed by atoms with van der Waals surface area (Å²) in [5, 5.41) is 3.50. The van der Waals surface area contributed by atoms with Gasteiger partial charge in [-0.1, -0.05) is 18.2 Å². The number of hydrogen-bond donors (Lipinski definition) is 1. The summed E-state index contributed by atoms with van der Waals surface area (Å²) in [6.07, 6.45) is 5.60. The molecule has 3 rings (SSSR count). The molecule has 0 bridgehead atoms. The van der Waals surface area contributed by atoms with Crippen LogP contribution in [0.5, 0.6) is 5.75 Å². The molecular formula is C13H15N3O. The fraction of sp³-hybridized carbons (Fsp3) is 0.308. The van der Waals surface area contributed by atoms with Crippen LogP contribution in [0.1, 0.15) is 5.56 Å². The van der Waals surface area contributed by atoms with Crippen LogP contribution in [0.25, 0.3) is 0 Å². The van der Waals surface area contributed by atoms with Gasteiger partial charge in [0.25, 0.3) is 0 Å². The van der Waals surface area contributed by atoms with Gasteiger partial charge in [0.05, 0.1) is 12.4 Å². The predicted octanol–water partition coefficient (Wildman–Crippen LogP) is 1.43. The molecule has 1 aliphatic rings. The highest BCUT2D eigenvalue weighted by molar-refractivity contribution is 5.33. The van der Waals surface area contributed by atoms with Crippen molar-refractivity contribution in [2.24, 2.45) is 0 Å². The van der Waals surface area contributed by atoms with Crippen molar-refractivity contribution in [2.45, 2.75) is 19.1 Å². The number of ether oxygens (including phenoxy) is 1. The molecular weight excluding hydrogens is 214 g/mol. The molecule has 17 heavy (non-hydrogen) atoms. The highest BCUT2D eigenvalue weighted by Crippen LogP contribution is 2.20. The van der Waals surface area contributed by atoms with Crippen molar-refractivity contribution < 1.29 is 4.74 Å². The fourth-order valence-electron chi connectivity index (χ4n) is 2.06. The van der Waals surface area contributed by atoms with Crippen LogP contribution < -0.4 is 10.1 Å². The normalized spacial score (nSPS) is 19.2. The number of fused-ring (bicyclic) bond motifs is 1. The molecule has 0 aliphatic carbocycles. The van der Waals surface area contributed by atoms with E-state index in [1.165, 1.54) is 5.56 Å². The Bertz CT molecular complexity index is 454. The third-order valence-electron chi connectivity index (χ3n) is 2.98. The van der Waals surface area contributed by atoms with E-state index >= 15 is 0 Å². The Morgan fingerprint density at radius 1 is 1.41 bits per heavy atom. The van der Waals surface area contributed by atoms with Crippen molar-refractivity contribution in [3.8, 4) is 5.75 Å². The van der Waals surface area contributed by atoms with E-state index in [9.17, 15) is 0 Å². The summed E-state index contributed by atoms with van der Waals surface area (Å²) in [4.78, 5) is 4.04. The number of benzene rings is 1. The zero-order valence-electron chi connectivity index (χ0n) is 9.54. The van der Waals surface area contributed by atoms with Gasteiger partial charge in [0.2, 0.25) is 0 Å². The van der Waals surface area contributed by atoms with Crippen molar-refractivity contribution in [3.05, 3.63) is 48.5 Å². The van der Waals surface area contributed by atoms with Crippen LogP contribution in [0, 0.1) is 0 Å². The molecule has 0 fully saturated rings. The zero-order valence-corrected chi connectivity index (χ0v) is 9.54. The Balaban J connectivity index is 1.69. The van der Waals surface area contributed by atoms with Crippen molar-refractivity contribution in [1.82, 2.24) is 14.9 Å². The van der Waals surface area contributed by atoms with E-state index in [1.54, 1.807) is 6.20 Å². The first-order chi connectivity index (χ1) is 8.42. The molecule has 4 nitrogen and oxygen atoms in total. The van der Waals surface area contributed by atoms with E-state index in [1.807, 2.05) is 30.7 Å². The summed E-state index contributed by atoms with van der Waals surface area (Å²) in [7, 11) is 0. The highest BCUT2D eigenvalue weighted by Gasteiger charge is 2.16. The predicted molar refractivity (Wildman–Crippen MR) is 64.8 cm³/mol. The number of imidazole rings is 1. The molecule has 4 heteroatoms. The van der Waals surface area contributed by atoms with E-state index < -0.39 is 0 Å². The van der Waals surface area contributed by atoms with E-state index in [2.05, 4.69) is 20.9 Å². The smallest absolute Gasteiger partial charge is 0.123 e. The summed E-state index contributed by atoms with van der Waals surface area (Å²) in [5.41, 5.74) is 1.22. The summed E-state index contributed by atoms with van der Waals surface area (Å²) >= 11 is 0. The summed E-state index contributed by atoms with van der Waals surface area (Å²) < 4.78 is 7.88. The van der Waals surface area contributed by atoms with E-state index in [0.717, 1.165) is 18.8 Å². The van der Waals surface area contributed by atoms with Gasteiger partial charge in [-0.2, -0.15) is 0 Å². The summed E-state index contributed by atoms with van der Waals surface area (Å²) in [6, 6.07) is 8.49. The third-order valence-corrected chi connectivity index (χ3v) is 2.98. The highest BCUT2D eigenvalue weighted by atomic mass is 16.5. The second kappa shape index (κ2) is 4.59. The first kappa shape index (κ1) is 10.4. The van der Waals surface area contributed by atoms with Gasteiger partial charge in [0.1, 0.15) is 12.4 Å². The number of para-hydroxylation sites is 1. The maximum Gasteiger partial charge on any atom is 0.123 e. The van der Waals surface area contributed by atoms with E-state index in [0.29, 0.717) is 12.6 Å². The summed E-state index contributed by atoms with van der Waals surface area (Å²) in [6.45, 7) is 2.43. The Morgan fingerprint density at radius 3 is 3.24 bits per heavy atom. The second-order valence-corrected chi connectivity index (χ2v) is 4.26. The lowest BCUT2D eigenvalue weighted by Crippen LogP contribution is -2.35. The largest absolute Gasteiger partial charge is 0.492 e. The first-order valence-electron chi connectivity index (χ1n) is 5.81. The minimum Gasteiger partial charge on any atom is -0.492 e. The molecule has 1 N–H and O–H groups in total. The quantitative estimate of drug-likeness (QED) is 0.846. The molecule has 1 atom stereocenters. The zero-order chi connectivity index (χ0) is 11.5. The van der Waals surface area contributed by atoms with Gasteiger partial charge >= 0.3 is 0 Å². The minimum absolute atomic E-state index is 0.316. The average molecular weight is 229 g/mol. The lowest BCUT2D eigenvalue weighted by molar-refractivity contribution is 0.262. The molecule has 2 heterocycles. The standard InChI is InChI=1S/C13H15N3O/c1-2-4-13-11(3-1)7-15-12(9-17-13)8-16-6-5-14-10-16/h1-6,10,12,15H,7-9H2/t12-/m0/s1. The van der Waals surface area contributed by atoms with Gasteiger partial charge in [-0.3, -0.25) is 0 Å². The van der Waals surface area contributed by atoms with Gasteiger partial charge in [0.15, 0.2) is 0 Å². The number of aromatic nitrogens is 2. The van der Waals surface area contributed by atoms with Crippen molar-refractivity contribution in [1.29, 1.82) is 0 Å². The number of rotatable bonds is 2. The minimum atomic E-state index is 0.316. The van der Waals surface area contributed by atoms with Crippen LogP contribution in [0.3, 0.4) is 0 Å². The van der Waals surface area contributed by atoms with Crippen molar-refractivity contribution in [2.75, 3.05) is 6.61 Å². The van der Waals surface area contributed by atoms with Crippen LogP contribution in [0.2, 0.25) is 0 Å². The SMILES string of the molecule is c1ccc2c(c1)CN[C@@H](Cn1ccnc1)CO2. The van der Waals surface area contributed by atoms with E-state index in [-0.39, 0.29) is 0 Å². The number of nitrogens with zero attached hydrogens (tertiary/aromatic N) is 2. The molecule has 0 radical (unpaired) electrons. The first-order valence-corrected chi connectivity index (χ1v) is 5.81. The Hall–Kier alpha value is -1.81. The lowest BCUT2D eigenvalue weighted by Gasteiger charge is -2.15. The van der Waals surface area contributed by atoms with Crippen LogP contribution in [0.4, 0.5) is 0 Å². The molecule has 1 aromatic heterocycles. The van der Waals surface area contributed by atoms with Crippen LogP contribution in [-0.2, 0) is 13.1 Å². The van der Waals surface area contributed by atoms with Gasteiger partial charge in [-0.05, 0) is 6.07 Å². The van der Waals surface area contributed by atoms with Crippen LogP contribution in [-0.4, -0.2) is 22.2 Å². The second-order valence-electron chi connectivity index (χ2n) is 4.26. The van der Waals surface area contributed by atoms with Crippen LogP contribution in [0.15, 0.2) is 43.0 Å². The van der Waals surface area contributed by atoms with Gasteiger partial charge in [-0.15, -0.1) is 0 Å².